The Morgan fingerprint density at radius 2 is 1.88 bits per heavy atom. The zero-order valence-corrected chi connectivity index (χ0v) is 14.0. The van der Waals surface area contributed by atoms with Gasteiger partial charge in [0.1, 0.15) is 12.1 Å². The highest BCUT2D eigenvalue weighted by molar-refractivity contribution is 6.40. The summed E-state index contributed by atoms with van der Waals surface area (Å²) in [5.74, 6) is 2.78. The van der Waals surface area contributed by atoms with Gasteiger partial charge in [-0.05, 0) is 24.7 Å². The molecule has 0 atom stereocenters. The third-order valence-corrected chi connectivity index (χ3v) is 4.45. The zero-order valence-electron chi connectivity index (χ0n) is 14.0. The second-order valence-corrected chi connectivity index (χ2v) is 6.10. The van der Waals surface area contributed by atoms with Gasteiger partial charge in [0.2, 0.25) is 0 Å². The molecule has 24 heavy (non-hydrogen) atoms. The fourth-order valence-electron chi connectivity index (χ4n) is 3.14. The quantitative estimate of drug-likeness (QED) is 0.740. The largest absolute Gasteiger partial charge is 0.493 e. The third-order valence-electron chi connectivity index (χ3n) is 4.45. The Morgan fingerprint density at radius 1 is 1.17 bits per heavy atom. The van der Waals surface area contributed by atoms with Gasteiger partial charge in [-0.25, -0.2) is 9.97 Å². The second kappa shape index (κ2) is 7.23. The number of benzene rings is 1. The summed E-state index contributed by atoms with van der Waals surface area (Å²) in [4.78, 5) is 11.0. The number of anilines is 1. The summed E-state index contributed by atoms with van der Waals surface area (Å²) in [5.41, 5.74) is 0.824. The number of nitrogens with zero attached hydrogens (tertiary/aromatic N) is 3. The van der Waals surface area contributed by atoms with E-state index < -0.39 is 7.12 Å². The molecule has 1 aliphatic heterocycles. The van der Waals surface area contributed by atoms with Crippen LogP contribution in [0.3, 0.4) is 0 Å². The van der Waals surface area contributed by atoms with Crippen molar-refractivity contribution in [1.82, 2.24) is 9.97 Å². The summed E-state index contributed by atoms with van der Waals surface area (Å²) in [6.07, 6.45) is 3.82. The number of fused-ring (bicyclic) bond motifs is 1. The Morgan fingerprint density at radius 3 is 2.54 bits per heavy atom. The Hall–Kier alpha value is -2.06. The van der Waals surface area contributed by atoms with E-state index in [0.29, 0.717) is 23.7 Å². The molecule has 1 aromatic carbocycles. The van der Waals surface area contributed by atoms with Crippen LogP contribution in [0.25, 0.3) is 10.9 Å². The van der Waals surface area contributed by atoms with Gasteiger partial charge >= 0.3 is 7.12 Å². The van der Waals surface area contributed by atoms with Crippen LogP contribution in [0.5, 0.6) is 11.5 Å². The summed E-state index contributed by atoms with van der Waals surface area (Å²) in [6.45, 7) is 1.84. The zero-order chi connectivity index (χ0) is 17.1. The van der Waals surface area contributed by atoms with Crippen molar-refractivity contribution in [2.75, 3.05) is 32.2 Å². The molecule has 0 radical (unpaired) electrons. The number of ether oxygens (including phenoxy) is 2. The minimum atomic E-state index is -1.20. The molecular formula is C16H22BN3O4. The molecule has 8 heteroatoms. The van der Waals surface area contributed by atoms with Crippen LogP contribution in [-0.2, 0) is 0 Å². The molecule has 0 amide bonds. The Balaban J connectivity index is 1.74. The van der Waals surface area contributed by atoms with E-state index in [-0.39, 0.29) is 0 Å². The average Bonchev–Trinajstić information content (AvgIpc) is 2.55. The van der Waals surface area contributed by atoms with E-state index >= 15 is 0 Å². The summed E-state index contributed by atoms with van der Waals surface area (Å²) < 4.78 is 10.7. The highest BCUT2D eigenvalue weighted by Gasteiger charge is 2.29. The van der Waals surface area contributed by atoms with Crippen LogP contribution < -0.4 is 14.4 Å². The van der Waals surface area contributed by atoms with E-state index in [0.717, 1.165) is 42.7 Å². The van der Waals surface area contributed by atoms with Crippen molar-refractivity contribution in [2.45, 2.75) is 19.2 Å². The number of hydrogen-bond donors (Lipinski definition) is 2. The predicted molar refractivity (Wildman–Crippen MR) is 92.6 cm³/mol. The van der Waals surface area contributed by atoms with Crippen LogP contribution in [0.4, 0.5) is 5.82 Å². The van der Waals surface area contributed by atoms with Crippen LogP contribution in [0.1, 0.15) is 12.8 Å². The molecule has 0 spiro atoms. The molecule has 2 aromatic rings. The Labute approximate surface area is 141 Å². The minimum absolute atomic E-state index is 0.434. The lowest BCUT2D eigenvalue weighted by molar-refractivity contribution is 0.355. The van der Waals surface area contributed by atoms with E-state index in [1.807, 2.05) is 12.1 Å². The fraction of sp³-hybridized carbons (Fsp3) is 0.500. The minimum Gasteiger partial charge on any atom is -0.493 e. The lowest BCUT2D eigenvalue weighted by Crippen LogP contribution is -2.47. The first-order chi connectivity index (χ1) is 11.6. The number of rotatable bonds is 7. The smallest absolute Gasteiger partial charge is 0.451 e. The molecule has 1 saturated heterocycles. The molecule has 1 aliphatic rings. The monoisotopic (exact) mass is 331 g/mol. The Kier molecular flexibility index (Phi) is 5.06. The van der Waals surface area contributed by atoms with Gasteiger partial charge in [-0.15, -0.1) is 0 Å². The molecular weight excluding hydrogens is 309 g/mol. The maximum absolute atomic E-state index is 8.90. The number of hydrogen-bond acceptors (Lipinski definition) is 7. The van der Waals surface area contributed by atoms with Gasteiger partial charge in [-0.1, -0.05) is 6.42 Å². The summed E-state index contributed by atoms with van der Waals surface area (Å²) in [7, 11) is 2.02. The number of aromatic nitrogens is 2. The van der Waals surface area contributed by atoms with Gasteiger partial charge < -0.3 is 24.4 Å². The van der Waals surface area contributed by atoms with Crippen molar-refractivity contribution >= 4 is 23.8 Å². The van der Waals surface area contributed by atoms with Crippen LogP contribution in [-0.4, -0.2) is 54.4 Å². The maximum Gasteiger partial charge on any atom is 0.451 e. The van der Waals surface area contributed by atoms with Crippen molar-refractivity contribution in [1.29, 1.82) is 0 Å². The lowest BCUT2D eigenvalue weighted by atomic mass is 9.81. The highest BCUT2D eigenvalue weighted by atomic mass is 16.5. The lowest BCUT2D eigenvalue weighted by Gasteiger charge is -2.40. The van der Waals surface area contributed by atoms with Gasteiger partial charge in [0.25, 0.3) is 0 Å². The first-order valence-electron chi connectivity index (χ1n) is 8.10. The maximum atomic E-state index is 8.90. The highest BCUT2D eigenvalue weighted by Crippen LogP contribution is 2.37. The van der Waals surface area contributed by atoms with E-state index in [9.17, 15) is 0 Å². The van der Waals surface area contributed by atoms with Crippen LogP contribution in [0, 0.1) is 5.92 Å². The van der Waals surface area contributed by atoms with Gasteiger partial charge in [0, 0.05) is 24.5 Å². The topological polar surface area (TPSA) is 87.9 Å². The molecule has 0 aliphatic carbocycles. The summed E-state index contributed by atoms with van der Waals surface area (Å²) >= 11 is 0. The second-order valence-electron chi connectivity index (χ2n) is 6.10. The predicted octanol–water partition coefficient (Wildman–Crippen LogP) is 1.34. The molecule has 3 rings (SSSR count). The third kappa shape index (κ3) is 3.39. The molecule has 1 aromatic heterocycles. The van der Waals surface area contributed by atoms with Crippen molar-refractivity contribution in [2.24, 2.45) is 5.92 Å². The fourth-order valence-corrected chi connectivity index (χ4v) is 3.14. The standard InChI is InChI=1S/C16H22BN3O4/c1-23-14-6-12-13(7-15(14)24-2)18-10-19-16(12)20-8-11(9-20)4-3-5-17(21)22/h6-7,10-11,21-22H,3-5,8-9H2,1-2H3. The normalized spacial score (nSPS) is 14.6. The molecule has 0 unspecified atom stereocenters. The van der Waals surface area contributed by atoms with Crippen molar-refractivity contribution in [3.63, 3.8) is 0 Å². The average molecular weight is 331 g/mol. The van der Waals surface area contributed by atoms with E-state index in [4.69, 9.17) is 19.5 Å². The molecule has 0 bridgehead atoms. The van der Waals surface area contributed by atoms with E-state index in [2.05, 4.69) is 14.9 Å². The summed E-state index contributed by atoms with van der Waals surface area (Å²) in [6, 6.07) is 3.78. The van der Waals surface area contributed by atoms with Crippen LogP contribution in [0.15, 0.2) is 18.5 Å². The number of methoxy groups -OCH3 is 2. The molecule has 128 valence electrons. The molecule has 2 heterocycles. The molecule has 2 N–H and O–H groups in total. The first-order valence-corrected chi connectivity index (χ1v) is 8.10. The van der Waals surface area contributed by atoms with Crippen molar-refractivity contribution in [3.8, 4) is 11.5 Å². The van der Waals surface area contributed by atoms with Crippen molar-refractivity contribution < 1.29 is 19.5 Å². The van der Waals surface area contributed by atoms with Gasteiger partial charge in [-0.2, -0.15) is 0 Å². The molecule has 1 fully saturated rings. The van der Waals surface area contributed by atoms with Gasteiger partial charge in [-0.3, -0.25) is 0 Å². The summed E-state index contributed by atoms with van der Waals surface area (Å²) in [5, 5.41) is 18.7. The van der Waals surface area contributed by atoms with Crippen LogP contribution in [0.2, 0.25) is 6.32 Å². The Bertz CT molecular complexity index is 707. The van der Waals surface area contributed by atoms with Crippen molar-refractivity contribution in [3.05, 3.63) is 18.5 Å². The van der Waals surface area contributed by atoms with Crippen LogP contribution >= 0.6 is 0 Å². The SMILES string of the molecule is COc1cc2ncnc(N3CC(CCCB(O)O)C3)c2cc1OC. The van der Waals surface area contributed by atoms with E-state index in [1.165, 1.54) is 0 Å². The van der Waals surface area contributed by atoms with Gasteiger partial charge in [0.15, 0.2) is 11.5 Å². The van der Waals surface area contributed by atoms with E-state index in [1.54, 1.807) is 20.5 Å². The van der Waals surface area contributed by atoms with Gasteiger partial charge in [0.05, 0.1) is 19.7 Å². The molecule has 0 saturated carbocycles. The molecule has 7 nitrogen and oxygen atoms in total. The first kappa shape index (κ1) is 16.8.